The minimum Gasteiger partial charge on any atom is -0.477 e. The molecule has 0 unspecified atom stereocenters. The lowest BCUT2D eigenvalue weighted by molar-refractivity contribution is -0.0141. The van der Waals surface area contributed by atoms with Crippen molar-refractivity contribution in [2.45, 2.75) is 26.4 Å². The van der Waals surface area contributed by atoms with Gasteiger partial charge in [-0.1, -0.05) is 0 Å². The topological polar surface area (TPSA) is 75.2 Å². The standard InChI is InChI=1S/C13H16N2O3S/c1-4-18-13(2,3)12-15-10(7-19-12)8-5-9(11(16)17)14-6-8/h5-7,14H,4H2,1-3H3,(H,16,17). The lowest BCUT2D eigenvalue weighted by atomic mass is 10.1. The molecule has 6 heteroatoms. The highest BCUT2D eigenvalue weighted by atomic mass is 32.1. The van der Waals surface area contributed by atoms with Crippen LogP contribution in [0.4, 0.5) is 0 Å². The van der Waals surface area contributed by atoms with Gasteiger partial charge in [-0.3, -0.25) is 0 Å². The Balaban J connectivity index is 2.27. The number of ether oxygens (including phenoxy) is 1. The number of aromatic nitrogens is 2. The normalized spacial score (nSPS) is 11.7. The number of carbonyl (C=O) groups is 1. The number of aromatic carboxylic acids is 1. The van der Waals surface area contributed by atoms with Crippen molar-refractivity contribution in [3.05, 3.63) is 28.3 Å². The van der Waals surface area contributed by atoms with Gasteiger partial charge in [0.15, 0.2) is 0 Å². The summed E-state index contributed by atoms with van der Waals surface area (Å²) in [6, 6.07) is 1.58. The lowest BCUT2D eigenvalue weighted by Gasteiger charge is -2.21. The molecule has 19 heavy (non-hydrogen) atoms. The van der Waals surface area contributed by atoms with E-state index >= 15 is 0 Å². The van der Waals surface area contributed by atoms with Gasteiger partial charge < -0.3 is 14.8 Å². The molecule has 0 spiro atoms. The summed E-state index contributed by atoms with van der Waals surface area (Å²) in [4.78, 5) is 18.1. The Morgan fingerprint density at radius 2 is 2.32 bits per heavy atom. The Hall–Kier alpha value is -1.66. The molecule has 0 saturated carbocycles. The third kappa shape index (κ3) is 2.85. The molecule has 0 aliphatic rings. The van der Waals surface area contributed by atoms with E-state index in [0.717, 1.165) is 16.3 Å². The second-order valence-electron chi connectivity index (χ2n) is 4.59. The number of aromatic amines is 1. The van der Waals surface area contributed by atoms with Gasteiger partial charge in [0.25, 0.3) is 0 Å². The minimum atomic E-state index is -0.976. The fourth-order valence-corrected chi connectivity index (χ4v) is 2.68. The highest BCUT2D eigenvalue weighted by molar-refractivity contribution is 7.10. The van der Waals surface area contributed by atoms with Crippen LogP contribution in [0.15, 0.2) is 17.6 Å². The van der Waals surface area contributed by atoms with Crippen molar-refractivity contribution in [3.63, 3.8) is 0 Å². The summed E-state index contributed by atoms with van der Waals surface area (Å²) in [7, 11) is 0. The van der Waals surface area contributed by atoms with Crippen LogP contribution in [0.5, 0.6) is 0 Å². The molecule has 0 amide bonds. The van der Waals surface area contributed by atoms with Crippen LogP contribution in [0.25, 0.3) is 11.3 Å². The smallest absolute Gasteiger partial charge is 0.352 e. The molecule has 2 heterocycles. The average Bonchev–Trinajstić information content (AvgIpc) is 2.98. The molecule has 0 saturated heterocycles. The van der Waals surface area contributed by atoms with Crippen molar-refractivity contribution in [2.75, 3.05) is 6.61 Å². The maximum atomic E-state index is 10.8. The maximum Gasteiger partial charge on any atom is 0.352 e. The molecule has 0 atom stereocenters. The molecule has 2 aromatic heterocycles. The molecule has 0 radical (unpaired) electrons. The summed E-state index contributed by atoms with van der Waals surface area (Å²) in [5.41, 5.74) is 1.27. The molecule has 2 aromatic rings. The quantitative estimate of drug-likeness (QED) is 0.882. The summed E-state index contributed by atoms with van der Waals surface area (Å²) < 4.78 is 5.65. The number of carboxylic acid groups (broad SMARTS) is 1. The summed E-state index contributed by atoms with van der Waals surface area (Å²) in [6.07, 6.45) is 1.65. The van der Waals surface area contributed by atoms with Crippen molar-refractivity contribution in [1.82, 2.24) is 9.97 Å². The number of nitrogens with one attached hydrogen (secondary N) is 1. The zero-order valence-corrected chi connectivity index (χ0v) is 11.9. The van der Waals surface area contributed by atoms with E-state index in [4.69, 9.17) is 9.84 Å². The molecule has 102 valence electrons. The van der Waals surface area contributed by atoms with E-state index in [9.17, 15) is 4.79 Å². The van der Waals surface area contributed by atoms with E-state index in [1.54, 1.807) is 12.3 Å². The Labute approximate surface area is 115 Å². The molecule has 0 aromatic carbocycles. The Kier molecular flexibility index (Phi) is 3.73. The summed E-state index contributed by atoms with van der Waals surface area (Å²) >= 11 is 1.51. The molecule has 2 rings (SSSR count). The highest BCUT2D eigenvalue weighted by Crippen LogP contribution is 2.31. The molecule has 0 aliphatic heterocycles. The van der Waals surface area contributed by atoms with Gasteiger partial charge >= 0.3 is 5.97 Å². The predicted molar refractivity (Wildman–Crippen MR) is 73.5 cm³/mol. The first-order valence-electron chi connectivity index (χ1n) is 5.96. The first kappa shape index (κ1) is 13.8. The number of hydrogen-bond acceptors (Lipinski definition) is 4. The third-order valence-electron chi connectivity index (χ3n) is 2.73. The van der Waals surface area contributed by atoms with E-state index in [1.165, 1.54) is 11.3 Å². The van der Waals surface area contributed by atoms with Gasteiger partial charge in [-0.25, -0.2) is 9.78 Å². The Morgan fingerprint density at radius 3 is 2.89 bits per heavy atom. The highest BCUT2D eigenvalue weighted by Gasteiger charge is 2.25. The number of thiazole rings is 1. The van der Waals surface area contributed by atoms with Crippen LogP contribution < -0.4 is 0 Å². The molecule has 2 N–H and O–H groups in total. The van der Waals surface area contributed by atoms with Gasteiger partial charge in [-0.15, -0.1) is 11.3 Å². The van der Waals surface area contributed by atoms with Gasteiger partial charge in [0.1, 0.15) is 16.3 Å². The van der Waals surface area contributed by atoms with Crippen LogP contribution in [0, 0.1) is 0 Å². The number of nitrogens with zero attached hydrogens (tertiary/aromatic N) is 1. The van der Waals surface area contributed by atoms with Crippen molar-refractivity contribution < 1.29 is 14.6 Å². The van der Waals surface area contributed by atoms with Crippen molar-refractivity contribution in [1.29, 1.82) is 0 Å². The molecule has 0 aliphatic carbocycles. The molecule has 5 nitrogen and oxygen atoms in total. The van der Waals surface area contributed by atoms with Crippen LogP contribution >= 0.6 is 11.3 Å². The van der Waals surface area contributed by atoms with Gasteiger partial charge in [0.2, 0.25) is 0 Å². The average molecular weight is 280 g/mol. The summed E-state index contributed by atoms with van der Waals surface area (Å²) in [5.74, 6) is -0.976. The second-order valence-corrected chi connectivity index (χ2v) is 5.45. The largest absolute Gasteiger partial charge is 0.477 e. The number of carboxylic acids is 1. The van der Waals surface area contributed by atoms with Crippen LogP contribution in [0.3, 0.4) is 0 Å². The molecular weight excluding hydrogens is 264 g/mol. The molecule has 0 bridgehead atoms. The van der Waals surface area contributed by atoms with Gasteiger partial charge in [0.05, 0.1) is 5.69 Å². The van der Waals surface area contributed by atoms with Gasteiger partial charge in [0, 0.05) is 23.7 Å². The monoisotopic (exact) mass is 280 g/mol. The van der Waals surface area contributed by atoms with Gasteiger partial charge in [-0.05, 0) is 26.8 Å². The van der Waals surface area contributed by atoms with E-state index in [0.29, 0.717) is 6.61 Å². The first-order valence-corrected chi connectivity index (χ1v) is 6.84. The number of hydrogen-bond donors (Lipinski definition) is 2. The number of rotatable bonds is 5. The Bertz CT molecular complexity index is 586. The van der Waals surface area contributed by atoms with Crippen LogP contribution in [0.1, 0.15) is 36.3 Å². The van der Waals surface area contributed by atoms with E-state index in [2.05, 4.69) is 9.97 Å². The fourth-order valence-electron chi connectivity index (χ4n) is 1.77. The second kappa shape index (κ2) is 5.14. The summed E-state index contributed by atoms with van der Waals surface area (Å²) in [6.45, 7) is 6.51. The zero-order valence-electron chi connectivity index (χ0n) is 11.1. The van der Waals surface area contributed by atoms with Crippen LogP contribution in [-0.2, 0) is 10.3 Å². The molecule has 0 fully saturated rings. The lowest BCUT2D eigenvalue weighted by Crippen LogP contribution is -2.21. The number of H-pyrrole nitrogens is 1. The SMILES string of the molecule is CCOC(C)(C)c1nc(-c2c[nH]c(C(=O)O)c2)cs1. The van der Waals surface area contributed by atoms with Crippen molar-refractivity contribution in [2.24, 2.45) is 0 Å². The van der Waals surface area contributed by atoms with Crippen molar-refractivity contribution in [3.8, 4) is 11.3 Å². The van der Waals surface area contributed by atoms with E-state index in [1.807, 2.05) is 26.2 Å². The van der Waals surface area contributed by atoms with Gasteiger partial charge in [-0.2, -0.15) is 0 Å². The van der Waals surface area contributed by atoms with Crippen LogP contribution in [-0.4, -0.2) is 27.7 Å². The minimum absolute atomic E-state index is 0.161. The van der Waals surface area contributed by atoms with E-state index < -0.39 is 11.6 Å². The molecular formula is C13H16N2O3S. The maximum absolute atomic E-state index is 10.8. The predicted octanol–water partition coefficient (Wildman–Crippen LogP) is 3.11. The van der Waals surface area contributed by atoms with E-state index in [-0.39, 0.29) is 5.69 Å². The zero-order chi connectivity index (χ0) is 14.0. The fraction of sp³-hybridized carbons (Fsp3) is 0.385. The first-order chi connectivity index (χ1) is 8.94. The van der Waals surface area contributed by atoms with Crippen LogP contribution in [0.2, 0.25) is 0 Å². The van der Waals surface area contributed by atoms with Crippen molar-refractivity contribution >= 4 is 17.3 Å². The summed E-state index contributed by atoms with van der Waals surface area (Å²) in [5, 5.41) is 11.7. The third-order valence-corrected chi connectivity index (χ3v) is 3.88. The Morgan fingerprint density at radius 1 is 1.58 bits per heavy atom.